The molecule has 0 aliphatic carbocycles. The minimum atomic E-state index is -0.610. The number of ether oxygens (including phenoxy) is 1. The van der Waals surface area contributed by atoms with Crippen LogP contribution in [0.1, 0.15) is 25.0 Å². The molecule has 1 fully saturated rings. The Morgan fingerprint density at radius 2 is 2.22 bits per heavy atom. The van der Waals surface area contributed by atoms with Crippen LogP contribution < -0.4 is 5.32 Å². The molecule has 3 unspecified atom stereocenters. The Hall–Kier alpha value is -0.320. The highest BCUT2D eigenvalue weighted by atomic mass is 35.5. The molecule has 100 valence electrons. The molecular formula is C13H17Cl2NO2. The van der Waals surface area contributed by atoms with E-state index in [0.717, 1.165) is 0 Å². The Labute approximate surface area is 117 Å². The van der Waals surface area contributed by atoms with Crippen LogP contribution in [-0.4, -0.2) is 30.4 Å². The van der Waals surface area contributed by atoms with E-state index in [1.807, 2.05) is 0 Å². The second kappa shape index (κ2) is 6.22. The highest BCUT2D eigenvalue weighted by Crippen LogP contribution is 2.29. The van der Waals surface area contributed by atoms with E-state index in [-0.39, 0.29) is 6.04 Å². The fraction of sp³-hybridized carbons (Fsp3) is 0.538. The number of hydrogen-bond acceptors (Lipinski definition) is 3. The maximum atomic E-state index is 10.2. The van der Waals surface area contributed by atoms with Crippen molar-refractivity contribution in [1.29, 1.82) is 0 Å². The molecule has 3 atom stereocenters. The van der Waals surface area contributed by atoms with Gasteiger partial charge < -0.3 is 15.2 Å². The first-order valence-corrected chi connectivity index (χ1v) is 6.78. The number of nitrogens with one attached hydrogen (secondary N) is 1. The van der Waals surface area contributed by atoms with Crippen LogP contribution >= 0.6 is 23.2 Å². The molecule has 1 aliphatic rings. The summed E-state index contributed by atoms with van der Waals surface area (Å²) < 4.78 is 5.45. The molecule has 0 bridgehead atoms. The zero-order valence-electron chi connectivity index (χ0n) is 10.2. The second-order valence-corrected chi connectivity index (χ2v) is 5.56. The molecule has 0 radical (unpaired) electrons. The number of halogens is 2. The average Bonchev–Trinajstić information content (AvgIpc) is 2.28. The van der Waals surface area contributed by atoms with E-state index in [1.165, 1.54) is 0 Å². The van der Waals surface area contributed by atoms with Gasteiger partial charge in [-0.1, -0.05) is 29.3 Å². The van der Waals surface area contributed by atoms with Crippen LogP contribution in [0.4, 0.5) is 0 Å². The molecule has 3 nitrogen and oxygen atoms in total. The van der Waals surface area contributed by atoms with E-state index in [2.05, 4.69) is 12.2 Å². The number of benzene rings is 1. The van der Waals surface area contributed by atoms with Crippen molar-refractivity contribution >= 4 is 23.2 Å². The molecule has 0 amide bonds. The summed E-state index contributed by atoms with van der Waals surface area (Å²) in [7, 11) is 0. The first-order valence-electron chi connectivity index (χ1n) is 6.03. The van der Waals surface area contributed by atoms with Gasteiger partial charge >= 0.3 is 0 Å². The Bertz CT molecular complexity index is 414. The summed E-state index contributed by atoms with van der Waals surface area (Å²) in [5.74, 6) is 0. The van der Waals surface area contributed by atoms with Crippen molar-refractivity contribution in [2.45, 2.75) is 31.5 Å². The number of aliphatic hydroxyl groups excluding tert-OH is 1. The molecule has 18 heavy (non-hydrogen) atoms. The predicted molar refractivity (Wildman–Crippen MR) is 73.2 cm³/mol. The first kappa shape index (κ1) is 14.1. The van der Waals surface area contributed by atoms with Gasteiger partial charge in [0, 0.05) is 22.1 Å². The van der Waals surface area contributed by atoms with Crippen LogP contribution in [0.25, 0.3) is 0 Å². The van der Waals surface area contributed by atoms with Gasteiger partial charge in [0.25, 0.3) is 0 Å². The molecule has 1 aromatic carbocycles. The largest absolute Gasteiger partial charge is 0.388 e. The third-order valence-electron chi connectivity index (χ3n) is 3.04. The van der Waals surface area contributed by atoms with Gasteiger partial charge in [-0.05, 0) is 31.0 Å². The smallest absolute Gasteiger partial charge is 0.0820 e. The molecule has 5 heteroatoms. The monoisotopic (exact) mass is 289 g/mol. The van der Waals surface area contributed by atoms with Gasteiger partial charge in [0.15, 0.2) is 0 Å². The van der Waals surface area contributed by atoms with Crippen molar-refractivity contribution in [2.75, 3.05) is 13.2 Å². The molecule has 1 heterocycles. The number of aliphatic hydroxyl groups is 1. The fourth-order valence-corrected chi connectivity index (χ4v) is 2.72. The van der Waals surface area contributed by atoms with Gasteiger partial charge in [-0.25, -0.2) is 0 Å². The van der Waals surface area contributed by atoms with E-state index in [9.17, 15) is 5.11 Å². The Morgan fingerprint density at radius 3 is 2.89 bits per heavy atom. The van der Waals surface area contributed by atoms with Gasteiger partial charge in [0.05, 0.1) is 19.3 Å². The summed E-state index contributed by atoms with van der Waals surface area (Å²) in [6, 6.07) is 5.61. The molecule has 2 N–H and O–H groups in total. The van der Waals surface area contributed by atoms with Crippen molar-refractivity contribution in [3.05, 3.63) is 33.8 Å². The lowest BCUT2D eigenvalue weighted by Crippen LogP contribution is -2.47. The van der Waals surface area contributed by atoms with Gasteiger partial charge in [0.1, 0.15) is 0 Å². The van der Waals surface area contributed by atoms with Gasteiger partial charge in [0.2, 0.25) is 0 Å². The SMILES string of the molecule is CC1COCC(CC(O)c2ccc(Cl)cc2Cl)N1. The number of hydrogen-bond donors (Lipinski definition) is 2. The fourth-order valence-electron chi connectivity index (χ4n) is 2.19. The van der Waals surface area contributed by atoms with E-state index in [0.29, 0.717) is 41.3 Å². The summed E-state index contributed by atoms with van der Waals surface area (Å²) in [5, 5.41) is 14.7. The predicted octanol–water partition coefficient (Wildman–Crippen LogP) is 2.79. The quantitative estimate of drug-likeness (QED) is 0.899. The lowest BCUT2D eigenvalue weighted by Gasteiger charge is -2.30. The molecular weight excluding hydrogens is 273 g/mol. The minimum Gasteiger partial charge on any atom is -0.388 e. The van der Waals surface area contributed by atoms with Crippen molar-refractivity contribution < 1.29 is 9.84 Å². The molecule has 2 rings (SSSR count). The van der Waals surface area contributed by atoms with Crippen molar-refractivity contribution in [2.24, 2.45) is 0 Å². The van der Waals surface area contributed by atoms with E-state index >= 15 is 0 Å². The summed E-state index contributed by atoms with van der Waals surface area (Å²) >= 11 is 11.9. The lowest BCUT2D eigenvalue weighted by atomic mass is 10.0. The number of rotatable bonds is 3. The Kier molecular flexibility index (Phi) is 4.87. The van der Waals surface area contributed by atoms with Crippen molar-refractivity contribution in [3.63, 3.8) is 0 Å². The molecule has 0 aromatic heterocycles. The van der Waals surface area contributed by atoms with Crippen molar-refractivity contribution in [1.82, 2.24) is 5.32 Å². The zero-order valence-corrected chi connectivity index (χ0v) is 11.7. The molecule has 0 saturated carbocycles. The maximum absolute atomic E-state index is 10.2. The second-order valence-electron chi connectivity index (χ2n) is 4.72. The average molecular weight is 290 g/mol. The van der Waals surface area contributed by atoms with Crippen LogP contribution in [0.2, 0.25) is 10.0 Å². The molecule has 1 aliphatic heterocycles. The van der Waals surface area contributed by atoms with Crippen molar-refractivity contribution in [3.8, 4) is 0 Å². The maximum Gasteiger partial charge on any atom is 0.0820 e. The molecule has 1 saturated heterocycles. The summed E-state index contributed by atoms with van der Waals surface area (Å²) in [6.07, 6.45) is -0.0349. The standard InChI is InChI=1S/C13H17Cl2NO2/c1-8-6-18-7-10(16-8)5-13(17)11-3-2-9(14)4-12(11)15/h2-4,8,10,13,16-17H,5-7H2,1H3. The normalized spacial score (nSPS) is 26.0. The van der Waals surface area contributed by atoms with Crippen LogP contribution in [0.15, 0.2) is 18.2 Å². The summed E-state index contributed by atoms with van der Waals surface area (Å²) in [6.45, 7) is 3.40. The topological polar surface area (TPSA) is 41.5 Å². The van der Waals surface area contributed by atoms with Crippen LogP contribution in [0, 0.1) is 0 Å². The highest BCUT2D eigenvalue weighted by Gasteiger charge is 2.22. The molecule has 0 spiro atoms. The van der Waals surface area contributed by atoms with Crippen LogP contribution in [0.5, 0.6) is 0 Å². The van der Waals surface area contributed by atoms with Gasteiger partial charge in [-0.2, -0.15) is 0 Å². The van der Waals surface area contributed by atoms with Crippen LogP contribution in [0.3, 0.4) is 0 Å². The molecule has 1 aromatic rings. The first-order chi connectivity index (χ1) is 8.56. The minimum absolute atomic E-state index is 0.149. The van der Waals surface area contributed by atoms with Crippen LogP contribution in [-0.2, 0) is 4.74 Å². The highest BCUT2D eigenvalue weighted by molar-refractivity contribution is 6.35. The van der Waals surface area contributed by atoms with Gasteiger partial charge in [-0.3, -0.25) is 0 Å². The third kappa shape index (κ3) is 3.59. The van der Waals surface area contributed by atoms with E-state index in [1.54, 1.807) is 18.2 Å². The summed E-state index contributed by atoms with van der Waals surface area (Å²) in [5.41, 5.74) is 0.709. The number of morpholine rings is 1. The lowest BCUT2D eigenvalue weighted by molar-refractivity contribution is 0.0304. The van der Waals surface area contributed by atoms with Gasteiger partial charge in [-0.15, -0.1) is 0 Å². The van der Waals surface area contributed by atoms with E-state index in [4.69, 9.17) is 27.9 Å². The summed E-state index contributed by atoms with van der Waals surface area (Å²) in [4.78, 5) is 0. The zero-order chi connectivity index (χ0) is 13.1. The Balaban J connectivity index is 2.00. The Morgan fingerprint density at radius 1 is 1.44 bits per heavy atom. The third-order valence-corrected chi connectivity index (χ3v) is 3.60. The van der Waals surface area contributed by atoms with E-state index < -0.39 is 6.10 Å².